The topological polar surface area (TPSA) is 75.7 Å². The summed E-state index contributed by atoms with van der Waals surface area (Å²) >= 11 is 0. The molecule has 1 N–H and O–H groups in total. The van der Waals surface area contributed by atoms with Gasteiger partial charge in [0.15, 0.2) is 0 Å². The number of imide groups is 1. The second-order valence-electron chi connectivity index (χ2n) is 6.93. The fraction of sp³-hybridized carbons (Fsp3) is 0.526. The molecule has 1 aromatic carbocycles. The van der Waals surface area contributed by atoms with Crippen molar-refractivity contribution in [3.63, 3.8) is 0 Å². The van der Waals surface area contributed by atoms with E-state index in [1.807, 2.05) is 31.2 Å². The first-order valence-corrected chi connectivity index (χ1v) is 8.85. The van der Waals surface area contributed by atoms with E-state index in [1.165, 1.54) is 4.90 Å². The number of amides is 3. The normalized spacial score (nSPS) is 18.7. The molecule has 2 fully saturated rings. The van der Waals surface area contributed by atoms with Crippen LogP contribution in [-0.2, 0) is 20.9 Å². The van der Waals surface area contributed by atoms with Gasteiger partial charge in [-0.15, -0.1) is 0 Å². The number of nitrogens with one attached hydrogen (secondary N) is 1. The van der Waals surface area contributed by atoms with Crippen molar-refractivity contribution in [3.05, 3.63) is 35.4 Å². The number of urea groups is 1. The SMILES string of the molecule is Cc1ccc(COC(=O)CCCN2C(=O)NC3(CCCC3)C2=O)cc1. The summed E-state index contributed by atoms with van der Waals surface area (Å²) in [5.41, 5.74) is 1.42. The molecule has 3 rings (SSSR count). The Morgan fingerprint density at radius 1 is 1.20 bits per heavy atom. The molecule has 3 amide bonds. The molecule has 25 heavy (non-hydrogen) atoms. The Morgan fingerprint density at radius 2 is 1.88 bits per heavy atom. The van der Waals surface area contributed by atoms with Crippen LogP contribution in [0.4, 0.5) is 4.79 Å². The summed E-state index contributed by atoms with van der Waals surface area (Å²) in [6.07, 6.45) is 3.97. The molecule has 6 heteroatoms. The van der Waals surface area contributed by atoms with Crippen molar-refractivity contribution in [2.24, 2.45) is 0 Å². The highest BCUT2D eigenvalue weighted by atomic mass is 16.5. The van der Waals surface area contributed by atoms with Gasteiger partial charge in [-0.1, -0.05) is 42.7 Å². The Hall–Kier alpha value is -2.37. The van der Waals surface area contributed by atoms with Crippen molar-refractivity contribution < 1.29 is 19.1 Å². The Kier molecular flexibility index (Phi) is 5.06. The van der Waals surface area contributed by atoms with Crippen LogP contribution in [0.1, 0.15) is 49.7 Å². The van der Waals surface area contributed by atoms with Gasteiger partial charge in [-0.3, -0.25) is 14.5 Å². The molecular weight excluding hydrogens is 320 g/mol. The minimum absolute atomic E-state index is 0.136. The number of hydrogen-bond donors (Lipinski definition) is 1. The van der Waals surface area contributed by atoms with E-state index < -0.39 is 5.54 Å². The van der Waals surface area contributed by atoms with Crippen LogP contribution in [0.25, 0.3) is 0 Å². The number of rotatable bonds is 6. The highest BCUT2D eigenvalue weighted by Crippen LogP contribution is 2.35. The molecule has 6 nitrogen and oxygen atoms in total. The van der Waals surface area contributed by atoms with Crippen LogP contribution in [0.15, 0.2) is 24.3 Å². The van der Waals surface area contributed by atoms with Crippen LogP contribution >= 0.6 is 0 Å². The standard InChI is InChI=1S/C19H24N2O4/c1-14-6-8-15(9-7-14)13-25-16(22)5-4-12-21-17(23)19(20-18(21)24)10-2-3-11-19/h6-9H,2-5,10-13H2,1H3,(H,20,24). The first kappa shape index (κ1) is 17.5. The maximum Gasteiger partial charge on any atom is 0.325 e. The van der Waals surface area contributed by atoms with E-state index in [-0.39, 0.29) is 37.5 Å². The Bertz CT molecular complexity index is 663. The molecule has 134 valence electrons. The predicted molar refractivity (Wildman–Crippen MR) is 91.7 cm³/mol. The van der Waals surface area contributed by atoms with E-state index in [4.69, 9.17) is 4.74 Å². The van der Waals surface area contributed by atoms with E-state index in [0.29, 0.717) is 19.3 Å². The van der Waals surface area contributed by atoms with Gasteiger partial charge in [0.25, 0.3) is 5.91 Å². The van der Waals surface area contributed by atoms with Gasteiger partial charge in [0.1, 0.15) is 12.1 Å². The molecular formula is C19H24N2O4. The van der Waals surface area contributed by atoms with Crippen LogP contribution < -0.4 is 5.32 Å². The molecule has 1 heterocycles. The maximum atomic E-state index is 12.5. The quantitative estimate of drug-likeness (QED) is 0.636. The molecule has 2 aliphatic rings. The van der Waals surface area contributed by atoms with Crippen LogP contribution in [0.3, 0.4) is 0 Å². The van der Waals surface area contributed by atoms with E-state index in [0.717, 1.165) is 24.0 Å². The molecule has 1 spiro atoms. The first-order chi connectivity index (χ1) is 12.0. The van der Waals surface area contributed by atoms with Crippen molar-refractivity contribution in [1.82, 2.24) is 10.2 Å². The molecule has 0 unspecified atom stereocenters. The van der Waals surface area contributed by atoms with Crippen molar-refractivity contribution in [1.29, 1.82) is 0 Å². The fourth-order valence-corrected chi connectivity index (χ4v) is 3.50. The molecule has 0 bridgehead atoms. The molecule has 1 saturated heterocycles. The number of ether oxygens (including phenoxy) is 1. The van der Waals surface area contributed by atoms with Crippen molar-refractivity contribution in [3.8, 4) is 0 Å². The van der Waals surface area contributed by atoms with E-state index in [1.54, 1.807) is 0 Å². The molecule has 1 aromatic rings. The Balaban J connectivity index is 1.41. The summed E-state index contributed by atoms with van der Waals surface area (Å²) in [5, 5.41) is 2.84. The van der Waals surface area contributed by atoms with Crippen molar-refractivity contribution in [2.45, 2.75) is 57.6 Å². The summed E-state index contributed by atoms with van der Waals surface area (Å²) < 4.78 is 5.24. The molecule has 0 atom stereocenters. The predicted octanol–water partition coefficient (Wildman–Crippen LogP) is 2.68. The van der Waals surface area contributed by atoms with Crippen LogP contribution in [0.5, 0.6) is 0 Å². The average molecular weight is 344 g/mol. The lowest BCUT2D eigenvalue weighted by molar-refractivity contribution is -0.145. The highest BCUT2D eigenvalue weighted by molar-refractivity contribution is 6.07. The van der Waals surface area contributed by atoms with E-state index >= 15 is 0 Å². The van der Waals surface area contributed by atoms with Gasteiger partial charge in [-0.2, -0.15) is 0 Å². The fourth-order valence-electron chi connectivity index (χ4n) is 3.50. The number of esters is 1. The third-order valence-corrected chi connectivity index (χ3v) is 4.99. The third kappa shape index (κ3) is 3.83. The molecule has 1 aliphatic heterocycles. The zero-order valence-electron chi connectivity index (χ0n) is 14.5. The number of nitrogens with zero attached hydrogens (tertiary/aromatic N) is 1. The second kappa shape index (κ2) is 7.25. The maximum absolute atomic E-state index is 12.5. The summed E-state index contributed by atoms with van der Waals surface area (Å²) in [7, 11) is 0. The zero-order valence-corrected chi connectivity index (χ0v) is 14.5. The number of benzene rings is 1. The Morgan fingerprint density at radius 3 is 2.56 bits per heavy atom. The Labute approximate surface area is 147 Å². The molecule has 1 saturated carbocycles. The van der Waals surface area contributed by atoms with Gasteiger partial charge in [0, 0.05) is 13.0 Å². The highest BCUT2D eigenvalue weighted by Gasteiger charge is 2.51. The van der Waals surface area contributed by atoms with Gasteiger partial charge in [-0.05, 0) is 31.7 Å². The number of aryl methyl sites for hydroxylation is 1. The number of carbonyl (C=O) groups is 3. The summed E-state index contributed by atoms with van der Waals surface area (Å²) in [5.74, 6) is -0.453. The smallest absolute Gasteiger partial charge is 0.325 e. The third-order valence-electron chi connectivity index (χ3n) is 4.99. The zero-order chi connectivity index (χ0) is 17.9. The molecule has 0 radical (unpaired) electrons. The van der Waals surface area contributed by atoms with Gasteiger partial charge in [0.05, 0.1) is 0 Å². The second-order valence-corrected chi connectivity index (χ2v) is 6.93. The monoisotopic (exact) mass is 344 g/mol. The number of hydrogen-bond acceptors (Lipinski definition) is 4. The van der Waals surface area contributed by atoms with Crippen LogP contribution in [0, 0.1) is 6.92 Å². The number of carbonyl (C=O) groups excluding carboxylic acids is 3. The van der Waals surface area contributed by atoms with E-state index in [9.17, 15) is 14.4 Å². The molecule has 1 aliphatic carbocycles. The average Bonchev–Trinajstić information content (AvgIpc) is 3.15. The van der Waals surface area contributed by atoms with E-state index in [2.05, 4.69) is 5.32 Å². The molecule has 0 aromatic heterocycles. The van der Waals surface area contributed by atoms with Gasteiger partial charge >= 0.3 is 12.0 Å². The first-order valence-electron chi connectivity index (χ1n) is 8.85. The van der Waals surface area contributed by atoms with Crippen LogP contribution in [0.2, 0.25) is 0 Å². The van der Waals surface area contributed by atoms with Crippen molar-refractivity contribution >= 4 is 17.9 Å². The minimum atomic E-state index is -0.678. The largest absolute Gasteiger partial charge is 0.461 e. The van der Waals surface area contributed by atoms with Gasteiger partial charge in [-0.25, -0.2) is 4.79 Å². The lowest BCUT2D eigenvalue weighted by Gasteiger charge is -2.19. The van der Waals surface area contributed by atoms with Crippen molar-refractivity contribution in [2.75, 3.05) is 6.54 Å². The van der Waals surface area contributed by atoms with Crippen LogP contribution in [-0.4, -0.2) is 34.9 Å². The lowest BCUT2D eigenvalue weighted by atomic mass is 9.98. The van der Waals surface area contributed by atoms with Gasteiger partial charge < -0.3 is 10.1 Å². The summed E-state index contributed by atoms with van der Waals surface area (Å²) in [4.78, 5) is 37.6. The lowest BCUT2D eigenvalue weighted by Crippen LogP contribution is -2.44. The summed E-state index contributed by atoms with van der Waals surface area (Å²) in [6, 6.07) is 7.47. The minimum Gasteiger partial charge on any atom is -0.461 e. The van der Waals surface area contributed by atoms with Gasteiger partial charge in [0.2, 0.25) is 0 Å². The summed E-state index contributed by atoms with van der Waals surface area (Å²) in [6.45, 7) is 2.50.